The largest absolute Gasteiger partial charge is 0.481 e. The monoisotopic (exact) mass is 382 g/mol. The Balaban J connectivity index is 1.46. The van der Waals surface area contributed by atoms with E-state index in [9.17, 15) is 14.4 Å². The van der Waals surface area contributed by atoms with Crippen molar-refractivity contribution in [2.75, 3.05) is 19.6 Å². The second-order valence-electron chi connectivity index (χ2n) is 7.35. The molecule has 6 nitrogen and oxygen atoms in total. The van der Waals surface area contributed by atoms with Crippen LogP contribution in [-0.4, -0.2) is 47.4 Å². The first-order valence-corrected chi connectivity index (χ1v) is 9.79. The third-order valence-corrected chi connectivity index (χ3v) is 5.27. The standard InChI is InChI=1S/C22H26N2O4/c25-20(24-13-3-4-16(15-24)7-10-21(26)27)11-12-23-22(28)19-9-8-17-5-1-2-6-18(17)14-19/h1-2,5-6,8-9,14,16H,3-4,7,10-13,15H2,(H,23,28)(H,26,27). The molecule has 1 heterocycles. The number of carbonyl (C=O) groups is 3. The van der Waals surface area contributed by atoms with E-state index in [1.807, 2.05) is 36.4 Å². The number of likely N-dealkylation sites (tertiary alicyclic amines) is 1. The van der Waals surface area contributed by atoms with Gasteiger partial charge >= 0.3 is 5.97 Å². The summed E-state index contributed by atoms with van der Waals surface area (Å²) in [5, 5.41) is 13.7. The fraction of sp³-hybridized carbons (Fsp3) is 0.409. The van der Waals surface area contributed by atoms with Gasteiger partial charge in [-0.25, -0.2) is 0 Å². The van der Waals surface area contributed by atoms with Crippen molar-refractivity contribution in [1.82, 2.24) is 10.2 Å². The van der Waals surface area contributed by atoms with E-state index in [1.54, 1.807) is 11.0 Å². The van der Waals surface area contributed by atoms with Gasteiger partial charge in [0.05, 0.1) is 0 Å². The topological polar surface area (TPSA) is 86.7 Å². The molecule has 1 aliphatic heterocycles. The number of hydrogen-bond acceptors (Lipinski definition) is 3. The lowest BCUT2D eigenvalue weighted by Gasteiger charge is -2.32. The molecule has 2 aromatic rings. The number of carbonyl (C=O) groups excluding carboxylic acids is 2. The Morgan fingerprint density at radius 2 is 1.86 bits per heavy atom. The normalized spacial score (nSPS) is 16.7. The minimum Gasteiger partial charge on any atom is -0.481 e. The Morgan fingerprint density at radius 3 is 2.64 bits per heavy atom. The smallest absolute Gasteiger partial charge is 0.303 e. The molecule has 148 valence electrons. The van der Waals surface area contributed by atoms with E-state index in [1.165, 1.54) is 0 Å². The van der Waals surface area contributed by atoms with Gasteiger partial charge in [0.1, 0.15) is 0 Å². The maximum absolute atomic E-state index is 12.4. The maximum atomic E-state index is 12.4. The Morgan fingerprint density at radius 1 is 1.07 bits per heavy atom. The summed E-state index contributed by atoms with van der Waals surface area (Å²) in [6, 6.07) is 13.4. The molecule has 1 unspecified atom stereocenters. The number of fused-ring (bicyclic) bond motifs is 1. The molecule has 2 aromatic carbocycles. The van der Waals surface area contributed by atoms with Crippen LogP contribution in [0.3, 0.4) is 0 Å². The van der Waals surface area contributed by atoms with Crippen molar-refractivity contribution < 1.29 is 19.5 Å². The van der Waals surface area contributed by atoms with Crippen molar-refractivity contribution in [3.63, 3.8) is 0 Å². The number of carboxylic acid groups (broad SMARTS) is 1. The molecule has 2 N–H and O–H groups in total. The van der Waals surface area contributed by atoms with Crippen molar-refractivity contribution in [1.29, 1.82) is 0 Å². The molecule has 1 fully saturated rings. The number of piperidine rings is 1. The first-order valence-electron chi connectivity index (χ1n) is 9.79. The molecule has 0 saturated carbocycles. The van der Waals surface area contributed by atoms with E-state index in [4.69, 9.17) is 5.11 Å². The number of amides is 2. The quantitative estimate of drug-likeness (QED) is 0.770. The van der Waals surface area contributed by atoms with E-state index < -0.39 is 5.97 Å². The van der Waals surface area contributed by atoms with Crippen LogP contribution in [-0.2, 0) is 9.59 Å². The van der Waals surface area contributed by atoms with E-state index >= 15 is 0 Å². The fourth-order valence-corrected chi connectivity index (χ4v) is 3.73. The fourth-order valence-electron chi connectivity index (χ4n) is 3.73. The summed E-state index contributed by atoms with van der Waals surface area (Å²) in [4.78, 5) is 37.3. The summed E-state index contributed by atoms with van der Waals surface area (Å²) in [5.41, 5.74) is 0.581. The summed E-state index contributed by atoms with van der Waals surface area (Å²) in [7, 11) is 0. The summed E-state index contributed by atoms with van der Waals surface area (Å²) in [5.74, 6) is -0.712. The number of benzene rings is 2. The number of hydrogen-bond donors (Lipinski definition) is 2. The van der Waals surface area contributed by atoms with Gasteiger partial charge in [-0.2, -0.15) is 0 Å². The third kappa shape index (κ3) is 5.31. The van der Waals surface area contributed by atoms with Gasteiger partial charge in [0, 0.05) is 38.0 Å². The average Bonchev–Trinajstić information content (AvgIpc) is 2.72. The van der Waals surface area contributed by atoms with Crippen LogP contribution in [0.5, 0.6) is 0 Å². The van der Waals surface area contributed by atoms with Gasteiger partial charge in [-0.05, 0) is 48.1 Å². The molecule has 1 aliphatic rings. The van der Waals surface area contributed by atoms with Gasteiger partial charge in [0.25, 0.3) is 5.91 Å². The van der Waals surface area contributed by atoms with Crippen molar-refractivity contribution in [3.05, 3.63) is 48.0 Å². The molecule has 1 saturated heterocycles. The number of rotatable bonds is 7. The van der Waals surface area contributed by atoms with Crippen LogP contribution in [0.25, 0.3) is 10.8 Å². The van der Waals surface area contributed by atoms with Gasteiger partial charge in [-0.15, -0.1) is 0 Å². The van der Waals surface area contributed by atoms with Gasteiger partial charge in [-0.1, -0.05) is 30.3 Å². The lowest BCUT2D eigenvalue weighted by Crippen LogP contribution is -2.41. The van der Waals surface area contributed by atoms with Crippen LogP contribution in [0.2, 0.25) is 0 Å². The number of aliphatic carboxylic acids is 1. The van der Waals surface area contributed by atoms with E-state index in [0.29, 0.717) is 31.6 Å². The lowest BCUT2D eigenvalue weighted by atomic mass is 9.93. The predicted octanol–water partition coefficient (Wildman–Crippen LogP) is 3.06. The Labute approximate surface area is 164 Å². The molecular weight excluding hydrogens is 356 g/mol. The van der Waals surface area contributed by atoms with Gasteiger partial charge in [-0.3, -0.25) is 14.4 Å². The van der Waals surface area contributed by atoms with E-state index in [-0.39, 0.29) is 30.6 Å². The third-order valence-electron chi connectivity index (χ3n) is 5.27. The Kier molecular flexibility index (Phi) is 6.63. The molecular formula is C22H26N2O4. The van der Waals surface area contributed by atoms with Gasteiger partial charge in [0.2, 0.25) is 5.91 Å². The first kappa shape index (κ1) is 19.9. The second kappa shape index (κ2) is 9.35. The molecule has 0 bridgehead atoms. The number of carboxylic acids is 1. The number of nitrogens with one attached hydrogen (secondary N) is 1. The molecule has 0 spiro atoms. The molecule has 6 heteroatoms. The van der Waals surface area contributed by atoms with Crippen molar-refractivity contribution >= 4 is 28.6 Å². The zero-order chi connectivity index (χ0) is 19.9. The highest BCUT2D eigenvalue weighted by Gasteiger charge is 2.23. The number of nitrogens with zero attached hydrogens (tertiary/aromatic N) is 1. The van der Waals surface area contributed by atoms with Crippen molar-refractivity contribution in [2.24, 2.45) is 5.92 Å². The summed E-state index contributed by atoms with van der Waals surface area (Å²) in [6.45, 7) is 1.62. The van der Waals surface area contributed by atoms with Crippen LogP contribution in [0.1, 0.15) is 42.5 Å². The van der Waals surface area contributed by atoms with Crippen LogP contribution in [0, 0.1) is 5.92 Å². The first-order chi connectivity index (χ1) is 13.5. The zero-order valence-corrected chi connectivity index (χ0v) is 15.9. The highest BCUT2D eigenvalue weighted by atomic mass is 16.4. The molecule has 0 aromatic heterocycles. The minimum atomic E-state index is -0.792. The van der Waals surface area contributed by atoms with E-state index in [0.717, 1.165) is 23.6 Å². The van der Waals surface area contributed by atoms with Crippen LogP contribution in [0.15, 0.2) is 42.5 Å². The molecule has 28 heavy (non-hydrogen) atoms. The lowest BCUT2D eigenvalue weighted by molar-refractivity contribution is -0.137. The summed E-state index contributed by atoms with van der Waals surface area (Å²) in [6.07, 6.45) is 2.88. The zero-order valence-electron chi connectivity index (χ0n) is 15.9. The van der Waals surface area contributed by atoms with Crippen molar-refractivity contribution in [2.45, 2.75) is 32.1 Å². The Hall–Kier alpha value is -2.89. The van der Waals surface area contributed by atoms with Crippen LogP contribution >= 0.6 is 0 Å². The highest BCUT2D eigenvalue weighted by Crippen LogP contribution is 2.21. The van der Waals surface area contributed by atoms with Crippen molar-refractivity contribution in [3.8, 4) is 0 Å². The predicted molar refractivity (Wildman–Crippen MR) is 107 cm³/mol. The SMILES string of the molecule is O=C(O)CCC1CCCN(C(=O)CCNC(=O)c2ccc3ccccc3c2)C1. The summed E-state index contributed by atoms with van der Waals surface area (Å²) >= 11 is 0. The molecule has 1 atom stereocenters. The summed E-state index contributed by atoms with van der Waals surface area (Å²) < 4.78 is 0. The molecule has 3 rings (SSSR count). The van der Waals surface area contributed by atoms with Gasteiger partial charge in [0.15, 0.2) is 0 Å². The minimum absolute atomic E-state index is 0.0128. The highest BCUT2D eigenvalue weighted by molar-refractivity contribution is 5.98. The molecule has 0 radical (unpaired) electrons. The van der Waals surface area contributed by atoms with Gasteiger partial charge < -0.3 is 15.3 Å². The second-order valence-corrected chi connectivity index (χ2v) is 7.35. The Bertz CT molecular complexity index is 864. The average molecular weight is 382 g/mol. The maximum Gasteiger partial charge on any atom is 0.303 e. The molecule has 0 aliphatic carbocycles. The van der Waals surface area contributed by atoms with E-state index in [2.05, 4.69) is 5.32 Å². The molecule has 2 amide bonds. The van der Waals surface area contributed by atoms with Crippen LogP contribution in [0.4, 0.5) is 0 Å². The van der Waals surface area contributed by atoms with Crippen LogP contribution < -0.4 is 5.32 Å².